The minimum Gasteiger partial charge on any atom is -0.493 e. The van der Waals surface area contributed by atoms with E-state index in [2.05, 4.69) is 4.90 Å². The molecule has 0 aromatic heterocycles. The van der Waals surface area contributed by atoms with Crippen LogP contribution >= 0.6 is 0 Å². The van der Waals surface area contributed by atoms with E-state index in [1.54, 1.807) is 0 Å². The monoisotopic (exact) mass is 259 g/mol. The fourth-order valence-electron chi connectivity index (χ4n) is 2.80. The Hall–Kier alpha value is -1.51. The normalized spacial score (nSPS) is 26.0. The number of para-hydroxylation sites is 1. The van der Waals surface area contributed by atoms with E-state index in [4.69, 9.17) is 4.74 Å². The van der Waals surface area contributed by atoms with Crippen LogP contribution in [-0.2, 0) is 4.79 Å². The topological polar surface area (TPSA) is 29.5 Å². The van der Waals surface area contributed by atoms with Crippen molar-refractivity contribution in [2.75, 3.05) is 19.7 Å². The molecular formula is C16H21NO2. The molecule has 2 fully saturated rings. The smallest absolute Gasteiger partial charge is 0.226 e. The Morgan fingerprint density at radius 2 is 1.89 bits per heavy atom. The summed E-state index contributed by atoms with van der Waals surface area (Å²) in [5, 5.41) is 0. The summed E-state index contributed by atoms with van der Waals surface area (Å²) >= 11 is 0. The zero-order chi connectivity index (χ0) is 13.1. The molecule has 1 saturated heterocycles. The third-order valence-corrected chi connectivity index (χ3v) is 4.11. The van der Waals surface area contributed by atoms with Gasteiger partial charge in [-0.15, -0.1) is 0 Å². The number of likely N-dealkylation sites (tertiary alicyclic amines) is 1. The molecule has 3 rings (SSSR count). The van der Waals surface area contributed by atoms with Gasteiger partial charge in [-0.05, 0) is 37.8 Å². The number of hydrogen-bond donors (Lipinski definition) is 0. The van der Waals surface area contributed by atoms with E-state index in [9.17, 15) is 4.79 Å². The van der Waals surface area contributed by atoms with Gasteiger partial charge < -0.3 is 9.64 Å². The Bertz CT molecular complexity index is 426. The van der Waals surface area contributed by atoms with Gasteiger partial charge in [0.2, 0.25) is 5.91 Å². The van der Waals surface area contributed by atoms with Gasteiger partial charge in [-0.2, -0.15) is 0 Å². The number of ether oxygens (including phenoxy) is 1. The number of benzene rings is 1. The minimum atomic E-state index is 0.224. The first-order chi connectivity index (χ1) is 9.34. The highest BCUT2D eigenvalue weighted by Gasteiger charge is 2.45. The van der Waals surface area contributed by atoms with Gasteiger partial charge in [-0.3, -0.25) is 4.79 Å². The fraction of sp³-hybridized carbons (Fsp3) is 0.562. The van der Waals surface area contributed by atoms with Crippen molar-refractivity contribution in [1.82, 2.24) is 4.90 Å². The van der Waals surface area contributed by atoms with Crippen molar-refractivity contribution in [1.29, 1.82) is 0 Å². The van der Waals surface area contributed by atoms with E-state index in [0.717, 1.165) is 25.3 Å². The van der Waals surface area contributed by atoms with Crippen molar-refractivity contribution in [2.45, 2.75) is 25.7 Å². The first-order valence-corrected chi connectivity index (χ1v) is 7.31. The Labute approximate surface area is 114 Å². The Morgan fingerprint density at radius 1 is 1.16 bits per heavy atom. The van der Waals surface area contributed by atoms with Crippen LogP contribution in [-0.4, -0.2) is 30.5 Å². The number of nitrogens with zero attached hydrogens (tertiary/aromatic N) is 1. The van der Waals surface area contributed by atoms with Gasteiger partial charge >= 0.3 is 0 Å². The molecule has 0 N–H and O–H groups in total. The third-order valence-electron chi connectivity index (χ3n) is 4.11. The van der Waals surface area contributed by atoms with Crippen LogP contribution in [0, 0.1) is 11.8 Å². The Morgan fingerprint density at radius 3 is 2.63 bits per heavy atom. The van der Waals surface area contributed by atoms with Crippen molar-refractivity contribution in [3.8, 4) is 5.75 Å². The van der Waals surface area contributed by atoms with Crippen LogP contribution in [0.25, 0.3) is 0 Å². The number of carbonyl (C=O) groups excluding carboxylic acids is 1. The van der Waals surface area contributed by atoms with Gasteiger partial charge in [0.05, 0.1) is 6.61 Å². The number of amides is 1. The van der Waals surface area contributed by atoms with Crippen molar-refractivity contribution in [3.63, 3.8) is 0 Å². The van der Waals surface area contributed by atoms with Crippen molar-refractivity contribution in [2.24, 2.45) is 11.8 Å². The van der Waals surface area contributed by atoms with E-state index in [1.165, 1.54) is 19.3 Å². The summed E-state index contributed by atoms with van der Waals surface area (Å²) in [6, 6.07) is 9.84. The molecule has 1 heterocycles. The van der Waals surface area contributed by atoms with E-state index in [0.29, 0.717) is 18.4 Å². The van der Waals surface area contributed by atoms with Gasteiger partial charge in [0, 0.05) is 24.9 Å². The SMILES string of the molecule is O=C([C@@H]1C[C@H]1COc1ccccc1)N1CCCCC1. The lowest BCUT2D eigenvalue weighted by Crippen LogP contribution is -2.37. The molecule has 0 radical (unpaired) electrons. The van der Waals surface area contributed by atoms with Gasteiger partial charge in [-0.1, -0.05) is 18.2 Å². The van der Waals surface area contributed by atoms with E-state index >= 15 is 0 Å². The maximum Gasteiger partial charge on any atom is 0.226 e. The van der Waals surface area contributed by atoms with Crippen LogP contribution in [0.5, 0.6) is 5.75 Å². The summed E-state index contributed by atoms with van der Waals surface area (Å²) in [6.07, 6.45) is 4.62. The van der Waals surface area contributed by atoms with Gasteiger partial charge in [-0.25, -0.2) is 0 Å². The molecule has 1 aliphatic carbocycles. The number of hydrogen-bond acceptors (Lipinski definition) is 2. The van der Waals surface area contributed by atoms with Crippen molar-refractivity contribution >= 4 is 5.91 Å². The first kappa shape index (κ1) is 12.5. The maximum atomic E-state index is 12.3. The van der Waals surface area contributed by atoms with Crippen LogP contribution < -0.4 is 4.74 Å². The van der Waals surface area contributed by atoms with Crippen LogP contribution in [0.4, 0.5) is 0 Å². The van der Waals surface area contributed by atoms with Gasteiger partial charge in [0.15, 0.2) is 0 Å². The van der Waals surface area contributed by atoms with Crippen LogP contribution in [0.2, 0.25) is 0 Å². The molecule has 0 unspecified atom stereocenters. The lowest BCUT2D eigenvalue weighted by atomic mass is 10.1. The van der Waals surface area contributed by atoms with E-state index < -0.39 is 0 Å². The zero-order valence-corrected chi connectivity index (χ0v) is 11.3. The summed E-state index contributed by atoms with van der Waals surface area (Å²) in [5.41, 5.74) is 0. The highest BCUT2D eigenvalue weighted by Crippen LogP contribution is 2.40. The molecule has 2 aliphatic rings. The summed E-state index contributed by atoms with van der Waals surface area (Å²) in [5.74, 6) is 1.91. The molecular weight excluding hydrogens is 238 g/mol. The highest BCUT2D eigenvalue weighted by atomic mass is 16.5. The Kier molecular flexibility index (Phi) is 3.72. The van der Waals surface area contributed by atoms with Gasteiger partial charge in [0.1, 0.15) is 5.75 Å². The van der Waals surface area contributed by atoms with Crippen molar-refractivity contribution < 1.29 is 9.53 Å². The third kappa shape index (κ3) is 3.09. The second-order valence-electron chi connectivity index (χ2n) is 5.61. The largest absolute Gasteiger partial charge is 0.493 e. The lowest BCUT2D eigenvalue weighted by molar-refractivity contribution is -0.133. The number of rotatable bonds is 4. The highest BCUT2D eigenvalue weighted by molar-refractivity contribution is 5.81. The average molecular weight is 259 g/mol. The number of piperidine rings is 1. The first-order valence-electron chi connectivity index (χ1n) is 7.31. The van der Waals surface area contributed by atoms with Crippen LogP contribution in [0.1, 0.15) is 25.7 Å². The lowest BCUT2D eigenvalue weighted by Gasteiger charge is -2.26. The molecule has 3 heteroatoms. The van der Waals surface area contributed by atoms with Crippen LogP contribution in [0.15, 0.2) is 30.3 Å². The molecule has 19 heavy (non-hydrogen) atoms. The average Bonchev–Trinajstić information content (AvgIpc) is 3.26. The van der Waals surface area contributed by atoms with Crippen molar-refractivity contribution in [3.05, 3.63) is 30.3 Å². The summed E-state index contributed by atoms with van der Waals surface area (Å²) < 4.78 is 5.73. The molecule has 102 valence electrons. The van der Waals surface area contributed by atoms with Crippen LogP contribution in [0.3, 0.4) is 0 Å². The molecule has 1 aliphatic heterocycles. The quantitative estimate of drug-likeness (QED) is 0.832. The predicted octanol–water partition coefficient (Wildman–Crippen LogP) is 2.71. The summed E-state index contributed by atoms with van der Waals surface area (Å²) in [4.78, 5) is 14.3. The van der Waals surface area contributed by atoms with Gasteiger partial charge in [0.25, 0.3) is 0 Å². The molecule has 2 atom stereocenters. The molecule has 1 aromatic carbocycles. The Balaban J connectivity index is 1.44. The maximum absolute atomic E-state index is 12.3. The number of carbonyl (C=O) groups is 1. The van der Waals surface area contributed by atoms with E-state index in [-0.39, 0.29) is 5.92 Å². The summed E-state index contributed by atoms with van der Waals surface area (Å²) in [6.45, 7) is 2.59. The molecule has 1 aromatic rings. The molecule has 0 bridgehead atoms. The van der Waals surface area contributed by atoms with E-state index in [1.807, 2.05) is 30.3 Å². The zero-order valence-electron chi connectivity index (χ0n) is 11.3. The molecule has 1 amide bonds. The second-order valence-corrected chi connectivity index (χ2v) is 5.61. The standard InChI is InChI=1S/C16H21NO2/c18-16(17-9-5-2-6-10-17)15-11-13(15)12-19-14-7-3-1-4-8-14/h1,3-4,7-8,13,15H,2,5-6,9-12H2/t13-,15+/m0/s1. The predicted molar refractivity (Wildman–Crippen MR) is 74.0 cm³/mol. The summed E-state index contributed by atoms with van der Waals surface area (Å²) in [7, 11) is 0. The minimum absolute atomic E-state index is 0.224. The second kappa shape index (κ2) is 5.64. The molecule has 0 spiro atoms. The molecule has 3 nitrogen and oxygen atoms in total. The fourth-order valence-corrected chi connectivity index (χ4v) is 2.80. The molecule has 1 saturated carbocycles.